The summed E-state index contributed by atoms with van der Waals surface area (Å²) in [5, 5.41) is 16.2. The van der Waals surface area contributed by atoms with E-state index in [0.717, 1.165) is 6.07 Å². The third-order valence-corrected chi connectivity index (χ3v) is 3.92. The fourth-order valence-electron chi connectivity index (χ4n) is 2.66. The minimum absolute atomic E-state index is 0.218. The maximum absolute atomic E-state index is 14.1. The lowest BCUT2D eigenvalue weighted by Gasteiger charge is -2.29. The largest absolute Gasteiger partial charge is 0.493 e. The van der Waals surface area contributed by atoms with Crippen LogP contribution in [-0.2, 0) is 0 Å². The summed E-state index contributed by atoms with van der Waals surface area (Å²) in [6, 6.07) is 4.08. The summed E-state index contributed by atoms with van der Waals surface area (Å²) < 4.78 is 38.0. The van der Waals surface area contributed by atoms with E-state index in [4.69, 9.17) is 9.47 Å². The number of hydrogen-bond donors (Lipinski definition) is 2. The lowest BCUT2D eigenvalue weighted by atomic mass is 10.0. The Labute approximate surface area is 145 Å². The number of carbonyl (C=O) groups excluding carboxylic acids is 1. The third kappa shape index (κ3) is 2.85. The molecule has 8 nitrogen and oxygen atoms in total. The number of amides is 1. The van der Waals surface area contributed by atoms with Gasteiger partial charge in [-0.25, -0.2) is 4.39 Å². The van der Waals surface area contributed by atoms with Crippen LogP contribution in [0.15, 0.2) is 24.3 Å². The first-order chi connectivity index (χ1) is 12.3. The van der Waals surface area contributed by atoms with E-state index < -0.39 is 34.3 Å². The second kappa shape index (κ2) is 6.47. The van der Waals surface area contributed by atoms with Gasteiger partial charge >= 0.3 is 5.69 Å². The first-order valence-electron chi connectivity index (χ1n) is 7.32. The molecule has 1 heterocycles. The molecule has 26 heavy (non-hydrogen) atoms. The second-order valence-electron chi connectivity index (χ2n) is 5.39. The van der Waals surface area contributed by atoms with Crippen LogP contribution >= 0.6 is 0 Å². The Bertz CT molecular complexity index is 919. The number of nitrogens with zero attached hydrogens (tertiary/aromatic N) is 1. The topological polar surface area (TPSA) is 103 Å². The normalized spacial score (nSPS) is 15.5. The van der Waals surface area contributed by atoms with E-state index in [1.54, 1.807) is 0 Å². The molecule has 0 aliphatic carbocycles. The van der Waals surface area contributed by atoms with Gasteiger partial charge in [0.1, 0.15) is 12.0 Å². The van der Waals surface area contributed by atoms with E-state index in [-0.39, 0.29) is 11.1 Å². The molecule has 0 bridgehead atoms. The average Bonchev–Trinajstić information content (AvgIpc) is 2.60. The zero-order valence-electron chi connectivity index (χ0n) is 13.6. The van der Waals surface area contributed by atoms with E-state index in [1.807, 2.05) is 0 Å². The number of nitro groups is 1. The highest BCUT2D eigenvalue weighted by Gasteiger charge is 2.30. The predicted molar refractivity (Wildman–Crippen MR) is 86.4 cm³/mol. The number of halogens is 2. The Morgan fingerprint density at radius 2 is 1.69 bits per heavy atom. The smallest absolute Gasteiger partial charge is 0.305 e. The molecule has 0 fully saturated rings. The van der Waals surface area contributed by atoms with Crippen molar-refractivity contribution in [1.82, 2.24) is 5.32 Å². The molecular formula is C16H13F2N3O5. The zero-order valence-corrected chi connectivity index (χ0v) is 13.6. The Hall–Kier alpha value is -3.43. The Morgan fingerprint density at radius 3 is 2.31 bits per heavy atom. The van der Waals surface area contributed by atoms with Crippen LogP contribution < -0.4 is 20.1 Å². The maximum atomic E-state index is 14.1. The molecule has 2 aromatic carbocycles. The SMILES string of the molecule is COc1cc2c(cc1OC)C(=O)N[C@@H](c1cc([N+](=O)[O-])c(F)cc1F)N2. The van der Waals surface area contributed by atoms with E-state index >= 15 is 0 Å². The van der Waals surface area contributed by atoms with Gasteiger partial charge in [-0.05, 0) is 6.07 Å². The molecule has 3 rings (SSSR count). The van der Waals surface area contributed by atoms with Crippen molar-refractivity contribution in [3.63, 3.8) is 0 Å². The van der Waals surface area contributed by atoms with Crippen LogP contribution in [0.3, 0.4) is 0 Å². The first kappa shape index (κ1) is 17.4. The zero-order chi connectivity index (χ0) is 19.0. The Balaban J connectivity index is 2.05. The van der Waals surface area contributed by atoms with E-state index in [9.17, 15) is 23.7 Å². The molecule has 136 valence electrons. The van der Waals surface area contributed by atoms with Crippen molar-refractivity contribution in [2.75, 3.05) is 19.5 Å². The van der Waals surface area contributed by atoms with Gasteiger partial charge in [0.2, 0.25) is 5.82 Å². The maximum Gasteiger partial charge on any atom is 0.305 e. The fraction of sp³-hybridized carbons (Fsp3) is 0.188. The minimum atomic E-state index is -1.30. The lowest BCUT2D eigenvalue weighted by molar-refractivity contribution is -0.387. The van der Waals surface area contributed by atoms with E-state index in [2.05, 4.69) is 10.6 Å². The van der Waals surface area contributed by atoms with Gasteiger partial charge in [0, 0.05) is 23.8 Å². The van der Waals surface area contributed by atoms with Crippen molar-refractivity contribution in [2.24, 2.45) is 0 Å². The number of ether oxygens (including phenoxy) is 2. The van der Waals surface area contributed by atoms with Gasteiger partial charge in [-0.2, -0.15) is 4.39 Å². The van der Waals surface area contributed by atoms with Crippen molar-refractivity contribution in [1.29, 1.82) is 0 Å². The molecule has 2 N–H and O–H groups in total. The molecule has 0 radical (unpaired) electrons. The summed E-state index contributed by atoms with van der Waals surface area (Å²) >= 11 is 0. The number of hydrogen-bond acceptors (Lipinski definition) is 6. The number of methoxy groups -OCH3 is 2. The molecule has 2 aromatic rings. The first-order valence-corrected chi connectivity index (χ1v) is 7.32. The molecule has 1 aliphatic heterocycles. The Kier molecular flexibility index (Phi) is 4.33. The van der Waals surface area contributed by atoms with Crippen molar-refractivity contribution in [2.45, 2.75) is 6.17 Å². The molecule has 1 aliphatic rings. The Morgan fingerprint density at radius 1 is 1.04 bits per heavy atom. The molecule has 10 heteroatoms. The molecule has 0 aromatic heterocycles. The van der Waals surface area contributed by atoms with E-state index in [1.165, 1.54) is 26.4 Å². The number of fused-ring (bicyclic) bond motifs is 1. The number of benzene rings is 2. The number of nitrogens with one attached hydrogen (secondary N) is 2. The van der Waals surface area contributed by atoms with Crippen molar-refractivity contribution in [3.8, 4) is 11.5 Å². The molecule has 0 spiro atoms. The second-order valence-corrected chi connectivity index (χ2v) is 5.39. The van der Waals surface area contributed by atoms with Crippen molar-refractivity contribution in [3.05, 3.63) is 57.1 Å². The van der Waals surface area contributed by atoms with Gasteiger partial charge in [0.05, 0.1) is 30.4 Å². The van der Waals surface area contributed by atoms with Crippen LogP contribution in [0.5, 0.6) is 11.5 Å². The van der Waals surface area contributed by atoms with Gasteiger partial charge in [-0.1, -0.05) is 0 Å². The minimum Gasteiger partial charge on any atom is -0.493 e. The average molecular weight is 365 g/mol. The number of nitro benzene ring substituents is 1. The summed E-state index contributed by atoms with van der Waals surface area (Å²) in [5.74, 6) is -2.24. The fourth-order valence-corrected chi connectivity index (χ4v) is 2.66. The summed E-state index contributed by atoms with van der Waals surface area (Å²) in [6.45, 7) is 0. The van der Waals surface area contributed by atoms with Gasteiger partial charge in [0.15, 0.2) is 11.5 Å². The van der Waals surface area contributed by atoms with Gasteiger partial charge in [-0.15, -0.1) is 0 Å². The summed E-state index contributed by atoms with van der Waals surface area (Å²) in [7, 11) is 2.82. The molecule has 0 saturated heterocycles. The van der Waals surface area contributed by atoms with Gasteiger partial charge < -0.3 is 20.1 Å². The van der Waals surface area contributed by atoms with Crippen LogP contribution in [-0.4, -0.2) is 25.1 Å². The van der Waals surface area contributed by atoms with Crippen LogP contribution in [0.4, 0.5) is 20.2 Å². The van der Waals surface area contributed by atoms with Crippen LogP contribution in [0.1, 0.15) is 22.1 Å². The van der Waals surface area contributed by atoms with Crippen molar-refractivity contribution >= 4 is 17.3 Å². The molecular weight excluding hydrogens is 352 g/mol. The highest BCUT2D eigenvalue weighted by atomic mass is 19.1. The number of anilines is 1. The van der Waals surface area contributed by atoms with Gasteiger partial charge in [-0.3, -0.25) is 14.9 Å². The molecule has 0 unspecified atom stereocenters. The lowest BCUT2D eigenvalue weighted by Crippen LogP contribution is -2.39. The van der Waals surface area contributed by atoms with E-state index in [0.29, 0.717) is 23.3 Å². The quantitative estimate of drug-likeness (QED) is 0.638. The molecule has 1 atom stereocenters. The third-order valence-electron chi connectivity index (χ3n) is 3.92. The number of rotatable bonds is 4. The molecule has 0 saturated carbocycles. The standard InChI is InChI=1S/C16H13F2N3O5/c1-25-13-4-8-11(6-14(13)26-2)19-15(20-16(8)22)7-3-12(21(23)24)10(18)5-9(7)17/h3-6,15,19H,1-2H3,(H,20,22)/t15-/m0/s1. The highest BCUT2D eigenvalue weighted by molar-refractivity contribution is 6.02. The van der Waals surface area contributed by atoms with Crippen LogP contribution in [0, 0.1) is 21.7 Å². The number of carbonyl (C=O) groups is 1. The highest BCUT2D eigenvalue weighted by Crippen LogP contribution is 2.37. The van der Waals surface area contributed by atoms with Crippen molar-refractivity contribution < 1.29 is 28.0 Å². The molecule has 1 amide bonds. The predicted octanol–water partition coefficient (Wildman–Crippen LogP) is 2.74. The van der Waals surface area contributed by atoms with Crippen LogP contribution in [0.25, 0.3) is 0 Å². The van der Waals surface area contributed by atoms with Gasteiger partial charge in [0.25, 0.3) is 5.91 Å². The summed E-state index contributed by atoms with van der Waals surface area (Å²) in [6.07, 6.45) is -1.13. The van der Waals surface area contributed by atoms with Crippen LogP contribution in [0.2, 0.25) is 0 Å². The summed E-state index contributed by atoms with van der Waals surface area (Å²) in [4.78, 5) is 22.3. The summed E-state index contributed by atoms with van der Waals surface area (Å²) in [5.41, 5.74) is -0.638. The monoisotopic (exact) mass is 365 g/mol.